The monoisotopic (exact) mass is 198 g/mol. The van der Waals surface area contributed by atoms with E-state index < -0.39 is 5.76 Å². The van der Waals surface area contributed by atoms with E-state index >= 15 is 0 Å². The second kappa shape index (κ2) is 3.88. The number of hydrogen-bond donors (Lipinski definition) is 2. The Kier molecular flexibility index (Phi) is 2.58. The summed E-state index contributed by atoms with van der Waals surface area (Å²) in [5.41, 5.74) is 0. The lowest BCUT2D eigenvalue weighted by atomic mass is 9.98. The van der Waals surface area contributed by atoms with E-state index in [4.69, 9.17) is 0 Å². The molecule has 0 spiro atoms. The first-order chi connectivity index (χ1) is 6.77. The molecule has 2 heterocycles. The lowest BCUT2D eigenvalue weighted by molar-refractivity contribution is 0.304. The first kappa shape index (κ1) is 9.33. The van der Waals surface area contributed by atoms with Gasteiger partial charge in [0.1, 0.15) is 0 Å². The molecule has 0 atom stereocenters. The molecule has 2 N–H and O–H groups in total. The topological polar surface area (TPSA) is 67.4 Å². The Bertz CT molecular complexity index is 349. The summed E-state index contributed by atoms with van der Waals surface area (Å²) in [6.45, 7) is 2.53. The summed E-state index contributed by atoms with van der Waals surface area (Å²) in [6.07, 6.45) is 3.16. The van der Waals surface area contributed by atoms with E-state index in [2.05, 4.69) is 9.73 Å². The summed E-state index contributed by atoms with van der Waals surface area (Å²) < 4.78 is 5.87. The van der Waals surface area contributed by atoms with E-state index in [1.807, 2.05) is 0 Å². The average Bonchev–Trinajstić information content (AvgIpc) is 2.51. The Morgan fingerprint density at radius 3 is 2.86 bits per heavy atom. The van der Waals surface area contributed by atoms with Crippen LogP contribution < -0.4 is 11.1 Å². The number of nitrogens with one attached hydrogen (secondary N) is 1. The molecule has 0 amide bonds. The number of hydrogen-bond acceptors (Lipinski definition) is 4. The SMILES string of the molecule is O=c1occ(O)n1CC1CCNCC1. The summed E-state index contributed by atoms with van der Waals surface area (Å²) in [7, 11) is 0. The smallest absolute Gasteiger partial charge is 0.421 e. The molecule has 5 heteroatoms. The fourth-order valence-corrected chi connectivity index (χ4v) is 1.81. The molecule has 1 aromatic heterocycles. The first-order valence-electron chi connectivity index (χ1n) is 4.85. The normalized spacial score (nSPS) is 18.6. The first-order valence-corrected chi connectivity index (χ1v) is 4.85. The predicted octanol–water partition coefficient (Wildman–Crippen LogP) is 0.146. The summed E-state index contributed by atoms with van der Waals surface area (Å²) in [6, 6.07) is 0. The van der Waals surface area contributed by atoms with Crippen LogP contribution in [0, 0.1) is 5.92 Å². The van der Waals surface area contributed by atoms with Gasteiger partial charge in [-0.15, -0.1) is 0 Å². The highest BCUT2D eigenvalue weighted by Crippen LogP contribution is 2.16. The molecule has 14 heavy (non-hydrogen) atoms. The third kappa shape index (κ3) is 1.82. The highest BCUT2D eigenvalue weighted by atomic mass is 16.4. The van der Waals surface area contributed by atoms with Crippen LogP contribution >= 0.6 is 0 Å². The van der Waals surface area contributed by atoms with Crippen molar-refractivity contribution >= 4 is 0 Å². The molecule has 2 rings (SSSR count). The van der Waals surface area contributed by atoms with Gasteiger partial charge < -0.3 is 14.8 Å². The van der Waals surface area contributed by atoms with Gasteiger partial charge >= 0.3 is 5.76 Å². The van der Waals surface area contributed by atoms with E-state index in [1.54, 1.807) is 0 Å². The van der Waals surface area contributed by atoms with Crippen molar-refractivity contribution in [1.29, 1.82) is 0 Å². The molecule has 1 aliphatic rings. The van der Waals surface area contributed by atoms with Gasteiger partial charge in [-0.25, -0.2) is 9.36 Å². The molecule has 1 aromatic rings. The third-order valence-corrected chi connectivity index (χ3v) is 2.66. The Labute approximate surface area is 81.3 Å². The van der Waals surface area contributed by atoms with Crippen molar-refractivity contribution in [2.24, 2.45) is 5.92 Å². The Morgan fingerprint density at radius 1 is 1.57 bits per heavy atom. The number of oxazole rings is 1. The molecule has 0 radical (unpaired) electrons. The highest BCUT2D eigenvalue weighted by molar-refractivity contribution is 4.99. The van der Waals surface area contributed by atoms with Crippen molar-refractivity contribution in [1.82, 2.24) is 9.88 Å². The second-order valence-electron chi connectivity index (χ2n) is 3.66. The zero-order valence-electron chi connectivity index (χ0n) is 7.90. The zero-order valence-corrected chi connectivity index (χ0v) is 7.90. The van der Waals surface area contributed by atoms with E-state index in [0.29, 0.717) is 12.5 Å². The van der Waals surface area contributed by atoms with Crippen molar-refractivity contribution in [2.75, 3.05) is 13.1 Å². The molecule has 0 unspecified atom stereocenters. The molecule has 1 fully saturated rings. The quantitative estimate of drug-likeness (QED) is 0.709. The van der Waals surface area contributed by atoms with Gasteiger partial charge in [0.25, 0.3) is 0 Å². The predicted molar refractivity (Wildman–Crippen MR) is 50.2 cm³/mol. The Hall–Kier alpha value is -1.23. The number of nitrogens with zero attached hydrogens (tertiary/aromatic N) is 1. The number of rotatable bonds is 2. The Balaban J connectivity index is 2.06. The van der Waals surface area contributed by atoms with Crippen LogP contribution in [0.3, 0.4) is 0 Å². The maximum atomic E-state index is 11.1. The molecule has 0 bridgehead atoms. The van der Waals surface area contributed by atoms with Crippen molar-refractivity contribution in [3.05, 3.63) is 16.8 Å². The minimum atomic E-state index is -0.471. The van der Waals surface area contributed by atoms with Crippen molar-refractivity contribution < 1.29 is 9.52 Å². The van der Waals surface area contributed by atoms with Crippen LogP contribution in [-0.2, 0) is 6.54 Å². The molecule has 1 aliphatic heterocycles. The van der Waals surface area contributed by atoms with E-state index in [-0.39, 0.29) is 5.88 Å². The van der Waals surface area contributed by atoms with Crippen LogP contribution in [0.15, 0.2) is 15.5 Å². The molecule has 1 saturated heterocycles. The van der Waals surface area contributed by atoms with Gasteiger partial charge in [-0.1, -0.05) is 0 Å². The number of aromatic hydroxyl groups is 1. The van der Waals surface area contributed by atoms with Gasteiger partial charge in [0, 0.05) is 6.54 Å². The second-order valence-corrected chi connectivity index (χ2v) is 3.66. The summed E-state index contributed by atoms with van der Waals surface area (Å²) in [4.78, 5) is 11.1. The van der Waals surface area contributed by atoms with Gasteiger partial charge in [-0.2, -0.15) is 0 Å². The maximum Gasteiger partial charge on any atom is 0.421 e. The van der Waals surface area contributed by atoms with E-state index in [1.165, 1.54) is 4.57 Å². The minimum absolute atomic E-state index is 0.0754. The van der Waals surface area contributed by atoms with Crippen LogP contribution in [0.4, 0.5) is 0 Å². The van der Waals surface area contributed by atoms with Gasteiger partial charge in [-0.3, -0.25) is 0 Å². The fraction of sp³-hybridized carbons (Fsp3) is 0.667. The van der Waals surface area contributed by atoms with Crippen molar-refractivity contribution in [3.8, 4) is 5.88 Å². The number of aromatic nitrogens is 1. The van der Waals surface area contributed by atoms with E-state index in [9.17, 15) is 9.90 Å². The van der Waals surface area contributed by atoms with Crippen LogP contribution in [0.5, 0.6) is 5.88 Å². The van der Waals surface area contributed by atoms with Gasteiger partial charge in [0.05, 0.1) is 0 Å². The third-order valence-electron chi connectivity index (χ3n) is 2.66. The zero-order chi connectivity index (χ0) is 9.97. The Morgan fingerprint density at radius 2 is 2.29 bits per heavy atom. The van der Waals surface area contributed by atoms with Crippen LogP contribution in [0.2, 0.25) is 0 Å². The number of piperidine rings is 1. The molecular weight excluding hydrogens is 184 g/mol. The lowest BCUT2D eigenvalue weighted by Crippen LogP contribution is -2.31. The highest BCUT2D eigenvalue weighted by Gasteiger charge is 2.16. The summed E-state index contributed by atoms with van der Waals surface area (Å²) in [5, 5.41) is 12.6. The average molecular weight is 198 g/mol. The van der Waals surface area contributed by atoms with Gasteiger partial charge in [0.15, 0.2) is 6.26 Å². The summed E-state index contributed by atoms with van der Waals surface area (Å²) >= 11 is 0. The fourth-order valence-electron chi connectivity index (χ4n) is 1.81. The molecule has 0 aromatic carbocycles. The minimum Gasteiger partial charge on any atom is -0.492 e. The molecular formula is C9H14N2O3. The largest absolute Gasteiger partial charge is 0.492 e. The van der Waals surface area contributed by atoms with Gasteiger partial charge in [0.2, 0.25) is 5.88 Å². The molecule has 0 saturated carbocycles. The molecule has 78 valence electrons. The molecule has 0 aliphatic carbocycles. The van der Waals surface area contributed by atoms with Crippen molar-refractivity contribution in [2.45, 2.75) is 19.4 Å². The maximum absolute atomic E-state index is 11.1. The molecule has 5 nitrogen and oxygen atoms in total. The van der Waals surface area contributed by atoms with Gasteiger partial charge in [-0.05, 0) is 31.8 Å². The van der Waals surface area contributed by atoms with Crippen LogP contribution in [0.1, 0.15) is 12.8 Å². The van der Waals surface area contributed by atoms with Crippen molar-refractivity contribution in [3.63, 3.8) is 0 Å². The lowest BCUT2D eigenvalue weighted by Gasteiger charge is -2.22. The van der Waals surface area contributed by atoms with E-state index in [0.717, 1.165) is 32.2 Å². The van der Waals surface area contributed by atoms with Crippen LogP contribution in [0.25, 0.3) is 0 Å². The standard InChI is InChI=1S/C9H14N2O3/c12-8-6-14-9(13)11(8)5-7-1-3-10-4-2-7/h6-7,10,12H,1-5H2. The summed E-state index contributed by atoms with van der Waals surface area (Å²) in [5.74, 6) is -0.0907. The van der Waals surface area contributed by atoms with Crippen LogP contribution in [-0.4, -0.2) is 22.8 Å².